The number of benzene rings is 1. The first-order chi connectivity index (χ1) is 14.2. The molecule has 0 N–H and O–H groups in total. The molecule has 1 aromatic carbocycles. The largest absolute Gasteiger partial charge is 0.493 e. The lowest BCUT2D eigenvalue weighted by Gasteiger charge is -2.34. The SMILES string of the molecule is COc1cccn2c(C(=O)N3CCN(C/C=C/c4ccccc4)CC3)c(C)nc12. The third-order valence-electron chi connectivity index (χ3n) is 5.34. The van der Waals surface area contributed by atoms with E-state index in [9.17, 15) is 4.79 Å². The number of carbonyl (C=O) groups excluding carboxylic acids is 1. The zero-order valence-corrected chi connectivity index (χ0v) is 16.9. The average Bonchev–Trinajstić information content (AvgIpc) is 3.10. The number of hydrogen-bond acceptors (Lipinski definition) is 4. The van der Waals surface area contributed by atoms with Gasteiger partial charge >= 0.3 is 0 Å². The molecule has 29 heavy (non-hydrogen) atoms. The van der Waals surface area contributed by atoms with Crippen LogP contribution in [-0.2, 0) is 0 Å². The molecule has 0 bridgehead atoms. The van der Waals surface area contributed by atoms with Crippen molar-refractivity contribution >= 4 is 17.6 Å². The Labute approximate surface area is 171 Å². The van der Waals surface area contributed by atoms with Crippen molar-refractivity contribution in [3.8, 4) is 5.75 Å². The highest BCUT2D eigenvalue weighted by molar-refractivity contribution is 5.95. The summed E-state index contributed by atoms with van der Waals surface area (Å²) < 4.78 is 7.22. The molecule has 3 heterocycles. The van der Waals surface area contributed by atoms with Crippen LogP contribution >= 0.6 is 0 Å². The van der Waals surface area contributed by atoms with Crippen LogP contribution in [0.15, 0.2) is 54.7 Å². The van der Waals surface area contributed by atoms with Gasteiger partial charge in [-0.1, -0.05) is 42.5 Å². The first kappa shape index (κ1) is 19.2. The molecule has 0 saturated carbocycles. The Morgan fingerprint density at radius 2 is 1.86 bits per heavy atom. The topological polar surface area (TPSA) is 50.1 Å². The number of methoxy groups -OCH3 is 1. The number of hydrogen-bond donors (Lipinski definition) is 0. The Bertz CT molecular complexity index is 1020. The lowest BCUT2D eigenvalue weighted by Crippen LogP contribution is -2.49. The van der Waals surface area contributed by atoms with Crippen LogP contribution in [0.3, 0.4) is 0 Å². The van der Waals surface area contributed by atoms with E-state index in [2.05, 4.69) is 34.2 Å². The molecule has 3 aromatic rings. The van der Waals surface area contributed by atoms with Crippen molar-refractivity contribution in [2.24, 2.45) is 0 Å². The maximum atomic E-state index is 13.2. The zero-order valence-electron chi connectivity index (χ0n) is 16.9. The van der Waals surface area contributed by atoms with E-state index in [1.165, 1.54) is 5.56 Å². The second-order valence-corrected chi connectivity index (χ2v) is 7.22. The third kappa shape index (κ3) is 4.03. The first-order valence-electron chi connectivity index (χ1n) is 9.92. The number of amides is 1. The number of ether oxygens (including phenoxy) is 1. The fourth-order valence-corrected chi connectivity index (χ4v) is 3.76. The molecule has 0 atom stereocenters. The number of aromatic nitrogens is 2. The van der Waals surface area contributed by atoms with Crippen LogP contribution in [0.1, 0.15) is 21.7 Å². The van der Waals surface area contributed by atoms with Gasteiger partial charge in [0, 0.05) is 38.9 Å². The highest BCUT2D eigenvalue weighted by Gasteiger charge is 2.26. The van der Waals surface area contributed by atoms with Crippen LogP contribution in [0, 0.1) is 6.92 Å². The standard InChI is InChI=1S/C23H26N4O2/c1-18-21(27-13-7-11-20(29-2)22(27)24-18)23(28)26-16-14-25(15-17-26)12-6-10-19-8-4-3-5-9-19/h3-11,13H,12,14-17H2,1-2H3/b10-6+. The molecule has 1 aliphatic rings. The Morgan fingerprint density at radius 3 is 2.59 bits per heavy atom. The molecule has 0 aliphatic carbocycles. The quantitative estimate of drug-likeness (QED) is 0.672. The van der Waals surface area contributed by atoms with Gasteiger partial charge in [0.15, 0.2) is 11.4 Å². The van der Waals surface area contributed by atoms with Crippen molar-refractivity contribution in [1.29, 1.82) is 0 Å². The van der Waals surface area contributed by atoms with Crippen LogP contribution < -0.4 is 4.74 Å². The molecule has 1 aliphatic heterocycles. The van der Waals surface area contributed by atoms with Gasteiger partial charge < -0.3 is 9.64 Å². The van der Waals surface area contributed by atoms with Crippen molar-refractivity contribution in [2.45, 2.75) is 6.92 Å². The monoisotopic (exact) mass is 390 g/mol. The van der Waals surface area contributed by atoms with Gasteiger partial charge in [0.2, 0.25) is 0 Å². The highest BCUT2D eigenvalue weighted by atomic mass is 16.5. The number of fused-ring (bicyclic) bond motifs is 1. The molecule has 0 radical (unpaired) electrons. The summed E-state index contributed by atoms with van der Waals surface area (Å²) in [7, 11) is 1.62. The van der Waals surface area contributed by atoms with E-state index < -0.39 is 0 Å². The summed E-state index contributed by atoms with van der Waals surface area (Å²) in [5.74, 6) is 0.701. The molecule has 1 saturated heterocycles. The van der Waals surface area contributed by atoms with Gasteiger partial charge in [-0.25, -0.2) is 4.98 Å². The van der Waals surface area contributed by atoms with E-state index in [-0.39, 0.29) is 5.91 Å². The number of nitrogens with zero attached hydrogens (tertiary/aromatic N) is 4. The molecule has 1 amide bonds. The van der Waals surface area contributed by atoms with E-state index in [4.69, 9.17) is 4.74 Å². The van der Waals surface area contributed by atoms with Gasteiger partial charge in [-0.15, -0.1) is 0 Å². The molecule has 0 spiro atoms. The molecule has 6 heteroatoms. The predicted molar refractivity (Wildman–Crippen MR) is 114 cm³/mol. The molecule has 4 rings (SSSR count). The van der Waals surface area contributed by atoms with Crippen molar-refractivity contribution < 1.29 is 9.53 Å². The second-order valence-electron chi connectivity index (χ2n) is 7.22. The first-order valence-corrected chi connectivity index (χ1v) is 9.92. The van der Waals surface area contributed by atoms with E-state index in [1.807, 2.05) is 52.8 Å². The minimum atomic E-state index is 0.0303. The summed E-state index contributed by atoms with van der Waals surface area (Å²) in [5, 5.41) is 0. The van der Waals surface area contributed by atoms with Crippen molar-refractivity contribution in [1.82, 2.24) is 19.2 Å². The maximum absolute atomic E-state index is 13.2. The number of carbonyl (C=O) groups is 1. The molecule has 150 valence electrons. The van der Waals surface area contributed by atoms with Gasteiger partial charge in [-0.05, 0) is 24.6 Å². The second kappa shape index (κ2) is 8.49. The highest BCUT2D eigenvalue weighted by Crippen LogP contribution is 2.23. The summed E-state index contributed by atoms with van der Waals surface area (Å²) >= 11 is 0. The van der Waals surface area contributed by atoms with Crippen molar-refractivity contribution in [2.75, 3.05) is 39.8 Å². The van der Waals surface area contributed by atoms with Crippen LogP contribution in [0.4, 0.5) is 0 Å². The fourth-order valence-electron chi connectivity index (χ4n) is 3.76. The summed E-state index contributed by atoms with van der Waals surface area (Å²) in [4.78, 5) is 22.0. The van der Waals surface area contributed by atoms with E-state index in [0.717, 1.165) is 25.3 Å². The minimum absolute atomic E-state index is 0.0303. The normalized spacial score (nSPS) is 15.3. The smallest absolute Gasteiger partial charge is 0.272 e. The van der Waals surface area contributed by atoms with Gasteiger partial charge in [0.05, 0.1) is 12.8 Å². The van der Waals surface area contributed by atoms with Gasteiger partial charge in [-0.3, -0.25) is 14.1 Å². The van der Waals surface area contributed by atoms with Crippen LogP contribution in [-0.4, -0.2) is 64.9 Å². The molecule has 1 fully saturated rings. The Morgan fingerprint density at radius 1 is 1.10 bits per heavy atom. The van der Waals surface area contributed by atoms with E-state index in [0.29, 0.717) is 30.2 Å². The third-order valence-corrected chi connectivity index (χ3v) is 5.34. The molecule has 6 nitrogen and oxygen atoms in total. The Balaban J connectivity index is 1.40. The Kier molecular flexibility index (Phi) is 5.62. The van der Waals surface area contributed by atoms with Crippen LogP contribution in [0.2, 0.25) is 0 Å². The zero-order chi connectivity index (χ0) is 20.2. The average molecular weight is 390 g/mol. The molecular formula is C23H26N4O2. The summed E-state index contributed by atoms with van der Waals surface area (Å²) in [5.41, 5.74) is 3.24. The number of pyridine rings is 1. The van der Waals surface area contributed by atoms with Crippen LogP contribution in [0.25, 0.3) is 11.7 Å². The van der Waals surface area contributed by atoms with Gasteiger partial charge in [-0.2, -0.15) is 0 Å². The minimum Gasteiger partial charge on any atom is -0.493 e. The van der Waals surface area contributed by atoms with Crippen molar-refractivity contribution in [3.05, 3.63) is 71.7 Å². The number of rotatable bonds is 5. The Hall–Kier alpha value is -3.12. The lowest BCUT2D eigenvalue weighted by atomic mass is 10.2. The number of aryl methyl sites for hydroxylation is 1. The summed E-state index contributed by atoms with van der Waals surface area (Å²) in [6, 6.07) is 14.0. The van der Waals surface area contributed by atoms with Crippen LogP contribution in [0.5, 0.6) is 5.75 Å². The van der Waals surface area contributed by atoms with Gasteiger partial charge in [0.1, 0.15) is 5.69 Å². The number of imidazole rings is 1. The van der Waals surface area contributed by atoms with Crippen molar-refractivity contribution in [3.63, 3.8) is 0 Å². The summed E-state index contributed by atoms with van der Waals surface area (Å²) in [6.07, 6.45) is 6.20. The molecular weight excluding hydrogens is 364 g/mol. The lowest BCUT2D eigenvalue weighted by molar-refractivity contribution is 0.0642. The molecule has 0 unspecified atom stereocenters. The summed E-state index contributed by atoms with van der Waals surface area (Å²) in [6.45, 7) is 5.93. The fraction of sp³-hybridized carbons (Fsp3) is 0.304. The van der Waals surface area contributed by atoms with Gasteiger partial charge in [0.25, 0.3) is 5.91 Å². The molecule has 2 aromatic heterocycles. The maximum Gasteiger partial charge on any atom is 0.272 e. The predicted octanol–water partition coefficient (Wildman–Crippen LogP) is 3.12. The number of piperazine rings is 1. The van der Waals surface area contributed by atoms with E-state index in [1.54, 1.807) is 7.11 Å². The van der Waals surface area contributed by atoms with E-state index >= 15 is 0 Å².